The van der Waals surface area contributed by atoms with Gasteiger partial charge in [-0.15, -0.1) is 0 Å². The largest absolute Gasteiger partial charge is 0.339 e. The molecule has 1 aliphatic rings. The lowest BCUT2D eigenvalue weighted by Crippen LogP contribution is -2.28. The first-order valence-electron chi connectivity index (χ1n) is 8.43. The molecule has 3 rings (SSSR count). The molecule has 1 fully saturated rings. The first kappa shape index (κ1) is 16.4. The predicted molar refractivity (Wildman–Crippen MR) is 95.6 cm³/mol. The Bertz CT molecular complexity index is 713. The Kier molecular flexibility index (Phi) is 4.51. The number of aromatic nitrogens is 2. The zero-order valence-electron chi connectivity index (χ0n) is 14.5. The van der Waals surface area contributed by atoms with E-state index in [1.54, 1.807) is 12.4 Å². The van der Waals surface area contributed by atoms with Crippen molar-refractivity contribution in [2.24, 2.45) is 0 Å². The summed E-state index contributed by atoms with van der Waals surface area (Å²) in [5, 5.41) is 3.32. The highest BCUT2D eigenvalue weighted by Crippen LogP contribution is 2.30. The van der Waals surface area contributed by atoms with E-state index < -0.39 is 0 Å². The number of para-hydroxylation sites is 1. The van der Waals surface area contributed by atoms with Crippen LogP contribution in [0.5, 0.6) is 0 Å². The van der Waals surface area contributed by atoms with Crippen molar-refractivity contribution in [1.29, 1.82) is 0 Å². The van der Waals surface area contributed by atoms with Crippen LogP contribution in [0.4, 0.5) is 11.5 Å². The Morgan fingerprint density at radius 2 is 1.79 bits per heavy atom. The van der Waals surface area contributed by atoms with Gasteiger partial charge in [-0.1, -0.05) is 39.0 Å². The molecule has 0 unspecified atom stereocenters. The third-order valence-corrected chi connectivity index (χ3v) is 4.26. The van der Waals surface area contributed by atoms with Gasteiger partial charge in [0.15, 0.2) is 0 Å². The van der Waals surface area contributed by atoms with Crippen molar-refractivity contribution < 1.29 is 4.79 Å². The van der Waals surface area contributed by atoms with Crippen molar-refractivity contribution in [2.75, 3.05) is 18.4 Å². The Morgan fingerprint density at radius 1 is 1.08 bits per heavy atom. The molecule has 0 aliphatic carbocycles. The molecule has 1 aliphatic heterocycles. The van der Waals surface area contributed by atoms with Crippen LogP contribution >= 0.6 is 0 Å². The van der Waals surface area contributed by atoms with Gasteiger partial charge in [-0.3, -0.25) is 4.79 Å². The van der Waals surface area contributed by atoms with E-state index in [2.05, 4.69) is 42.1 Å². The Labute approximate surface area is 143 Å². The van der Waals surface area contributed by atoms with Gasteiger partial charge in [0, 0.05) is 18.8 Å². The summed E-state index contributed by atoms with van der Waals surface area (Å²) in [6, 6.07) is 8.18. The Morgan fingerprint density at radius 3 is 2.42 bits per heavy atom. The molecule has 0 atom stereocenters. The average molecular weight is 324 g/mol. The number of benzene rings is 1. The summed E-state index contributed by atoms with van der Waals surface area (Å²) >= 11 is 0. The SMILES string of the molecule is CC(C)(C)c1ccccc1Nc1cnc(C(=O)N2CCCC2)cn1. The number of nitrogens with zero attached hydrogens (tertiary/aromatic N) is 3. The number of likely N-dealkylation sites (tertiary alicyclic amines) is 1. The Balaban J connectivity index is 1.76. The summed E-state index contributed by atoms with van der Waals surface area (Å²) in [5.74, 6) is 0.617. The molecule has 0 radical (unpaired) electrons. The molecule has 24 heavy (non-hydrogen) atoms. The maximum atomic E-state index is 12.3. The van der Waals surface area contributed by atoms with Crippen LogP contribution in [0, 0.1) is 0 Å². The molecule has 1 aromatic heterocycles. The molecule has 126 valence electrons. The molecule has 0 saturated carbocycles. The van der Waals surface area contributed by atoms with Crippen LogP contribution < -0.4 is 5.32 Å². The van der Waals surface area contributed by atoms with Crippen molar-refractivity contribution in [3.05, 3.63) is 47.9 Å². The number of hydrogen-bond donors (Lipinski definition) is 1. The predicted octanol–water partition coefficient (Wildman–Crippen LogP) is 3.75. The van der Waals surface area contributed by atoms with E-state index >= 15 is 0 Å². The summed E-state index contributed by atoms with van der Waals surface area (Å²) in [6.45, 7) is 8.17. The van der Waals surface area contributed by atoms with Crippen LogP contribution in [0.25, 0.3) is 0 Å². The van der Waals surface area contributed by atoms with E-state index in [4.69, 9.17) is 0 Å². The first-order valence-corrected chi connectivity index (χ1v) is 8.43. The molecule has 5 heteroatoms. The van der Waals surface area contributed by atoms with Gasteiger partial charge >= 0.3 is 0 Å². The fourth-order valence-corrected chi connectivity index (χ4v) is 2.97. The van der Waals surface area contributed by atoms with Crippen molar-refractivity contribution in [3.63, 3.8) is 0 Å². The number of nitrogens with one attached hydrogen (secondary N) is 1. The topological polar surface area (TPSA) is 58.1 Å². The fourth-order valence-electron chi connectivity index (χ4n) is 2.97. The van der Waals surface area contributed by atoms with E-state index in [1.165, 1.54) is 5.56 Å². The van der Waals surface area contributed by atoms with Gasteiger partial charge in [-0.2, -0.15) is 0 Å². The van der Waals surface area contributed by atoms with Crippen LogP contribution in [-0.2, 0) is 5.41 Å². The minimum Gasteiger partial charge on any atom is -0.339 e. The maximum Gasteiger partial charge on any atom is 0.274 e. The molecule has 1 N–H and O–H groups in total. The van der Waals surface area contributed by atoms with E-state index in [0.717, 1.165) is 31.6 Å². The van der Waals surface area contributed by atoms with Gasteiger partial charge in [0.2, 0.25) is 0 Å². The lowest BCUT2D eigenvalue weighted by atomic mass is 9.86. The second-order valence-electron chi connectivity index (χ2n) is 7.21. The fraction of sp³-hybridized carbons (Fsp3) is 0.421. The standard InChI is InChI=1S/C19H24N4O/c1-19(2,3)14-8-4-5-9-15(14)22-17-13-20-16(12-21-17)18(24)23-10-6-7-11-23/h4-5,8-9,12-13H,6-7,10-11H2,1-3H3,(H,21,22). The number of anilines is 2. The lowest BCUT2D eigenvalue weighted by molar-refractivity contribution is 0.0786. The van der Waals surface area contributed by atoms with E-state index in [0.29, 0.717) is 11.5 Å². The quantitative estimate of drug-likeness (QED) is 0.934. The highest BCUT2D eigenvalue weighted by molar-refractivity contribution is 5.92. The number of hydrogen-bond acceptors (Lipinski definition) is 4. The van der Waals surface area contributed by atoms with Crippen molar-refractivity contribution in [1.82, 2.24) is 14.9 Å². The molecule has 1 saturated heterocycles. The average Bonchev–Trinajstić information content (AvgIpc) is 3.09. The summed E-state index contributed by atoms with van der Waals surface area (Å²) in [4.78, 5) is 22.8. The third-order valence-electron chi connectivity index (χ3n) is 4.26. The van der Waals surface area contributed by atoms with E-state index in [1.807, 2.05) is 23.1 Å². The summed E-state index contributed by atoms with van der Waals surface area (Å²) in [5.41, 5.74) is 2.66. The minimum atomic E-state index is -0.0263. The van der Waals surface area contributed by atoms with Gasteiger partial charge in [0.25, 0.3) is 5.91 Å². The van der Waals surface area contributed by atoms with Crippen molar-refractivity contribution in [3.8, 4) is 0 Å². The second-order valence-corrected chi connectivity index (χ2v) is 7.21. The lowest BCUT2D eigenvalue weighted by Gasteiger charge is -2.23. The summed E-state index contributed by atoms with van der Waals surface area (Å²) in [6.07, 6.45) is 5.33. The molecule has 1 amide bonds. The highest BCUT2D eigenvalue weighted by atomic mass is 16.2. The van der Waals surface area contributed by atoms with Crippen LogP contribution in [0.15, 0.2) is 36.7 Å². The molecular weight excluding hydrogens is 300 g/mol. The molecule has 5 nitrogen and oxygen atoms in total. The molecule has 0 bridgehead atoms. The summed E-state index contributed by atoms with van der Waals surface area (Å²) < 4.78 is 0. The van der Waals surface area contributed by atoms with Crippen LogP contribution in [0.1, 0.15) is 49.7 Å². The van der Waals surface area contributed by atoms with Gasteiger partial charge in [-0.25, -0.2) is 9.97 Å². The van der Waals surface area contributed by atoms with E-state index in [9.17, 15) is 4.79 Å². The number of rotatable bonds is 3. The number of carbonyl (C=O) groups is 1. The normalized spacial score (nSPS) is 14.7. The zero-order chi connectivity index (χ0) is 17.2. The molecule has 0 spiro atoms. The minimum absolute atomic E-state index is 0.0263. The van der Waals surface area contributed by atoms with Crippen LogP contribution in [0.2, 0.25) is 0 Å². The number of amides is 1. The van der Waals surface area contributed by atoms with Gasteiger partial charge < -0.3 is 10.2 Å². The monoisotopic (exact) mass is 324 g/mol. The molecule has 1 aromatic carbocycles. The van der Waals surface area contributed by atoms with Crippen molar-refractivity contribution >= 4 is 17.4 Å². The van der Waals surface area contributed by atoms with Gasteiger partial charge in [0.1, 0.15) is 11.5 Å². The molecule has 2 aromatic rings. The van der Waals surface area contributed by atoms with Crippen molar-refractivity contribution in [2.45, 2.75) is 39.0 Å². The van der Waals surface area contributed by atoms with Crippen LogP contribution in [0.3, 0.4) is 0 Å². The molecule has 2 heterocycles. The van der Waals surface area contributed by atoms with E-state index in [-0.39, 0.29) is 11.3 Å². The second kappa shape index (κ2) is 6.59. The summed E-state index contributed by atoms with van der Waals surface area (Å²) in [7, 11) is 0. The van der Waals surface area contributed by atoms with Gasteiger partial charge in [-0.05, 0) is 29.9 Å². The third kappa shape index (κ3) is 3.55. The highest BCUT2D eigenvalue weighted by Gasteiger charge is 2.21. The molecular formula is C19H24N4O. The number of carbonyl (C=O) groups excluding carboxylic acids is 1. The maximum absolute atomic E-state index is 12.3. The van der Waals surface area contributed by atoms with Gasteiger partial charge in [0.05, 0.1) is 12.4 Å². The first-order chi connectivity index (χ1) is 11.4. The smallest absolute Gasteiger partial charge is 0.274 e. The van der Waals surface area contributed by atoms with Crippen LogP contribution in [-0.4, -0.2) is 33.9 Å². The Hall–Kier alpha value is -2.43. The zero-order valence-corrected chi connectivity index (χ0v) is 14.5.